The Bertz CT molecular complexity index is 1130. The second kappa shape index (κ2) is 7.34. The molecule has 0 saturated carbocycles. The summed E-state index contributed by atoms with van der Waals surface area (Å²) in [7, 11) is 0. The molecule has 4 rings (SSSR count). The fraction of sp³-hybridized carbons (Fsp3) is 0.286. The Hall–Kier alpha value is -3.35. The molecular formula is C21H22N4O3. The van der Waals surface area contributed by atoms with Gasteiger partial charge in [0.25, 0.3) is 0 Å². The Labute approximate surface area is 162 Å². The number of para-hydroxylation sites is 2. The van der Waals surface area contributed by atoms with Crippen molar-refractivity contribution in [2.24, 2.45) is 5.92 Å². The highest BCUT2D eigenvalue weighted by Crippen LogP contribution is 2.29. The predicted molar refractivity (Wildman–Crippen MR) is 107 cm³/mol. The van der Waals surface area contributed by atoms with Gasteiger partial charge in [-0.05, 0) is 30.2 Å². The highest BCUT2D eigenvalue weighted by molar-refractivity contribution is 6.08. The number of hydrogen-bond donors (Lipinski definition) is 1. The number of rotatable bonds is 6. The Kier molecular flexibility index (Phi) is 4.73. The minimum Gasteiger partial charge on any atom is -0.467 e. The number of ether oxygens (including phenoxy) is 1. The van der Waals surface area contributed by atoms with Crippen LogP contribution in [0.3, 0.4) is 0 Å². The first-order valence-electron chi connectivity index (χ1n) is 9.32. The van der Waals surface area contributed by atoms with E-state index in [1.54, 1.807) is 16.9 Å². The number of furan rings is 1. The molecule has 1 aromatic carbocycles. The molecule has 0 aliphatic heterocycles. The molecule has 0 saturated heterocycles. The smallest absolute Gasteiger partial charge is 0.344 e. The van der Waals surface area contributed by atoms with Crippen LogP contribution in [-0.4, -0.2) is 27.1 Å². The molecular weight excluding hydrogens is 356 g/mol. The Morgan fingerprint density at radius 1 is 1.21 bits per heavy atom. The van der Waals surface area contributed by atoms with Crippen molar-refractivity contribution in [2.45, 2.75) is 26.8 Å². The minimum atomic E-state index is -0.481. The zero-order chi connectivity index (χ0) is 19.7. The van der Waals surface area contributed by atoms with Gasteiger partial charge in [-0.3, -0.25) is 0 Å². The van der Waals surface area contributed by atoms with Crippen LogP contribution in [0.25, 0.3) is 22.2 Å². The van der Waals surface area contributed by atoms with E-state index in [4.69, 9.17) is 19.9 Å². The summed E-state index contributed by atoms with van der Waals surface area (Å²) in [5, 5.41) is 0. The number of hydrogen-bond acceptors (Lipinski definition) is 6. The maximum Gasteiger partial charge on any atom is 0.344 e. The molecule has 7 nitrogen and oxygen atoms in total. The molecule has 2 N–H and O–H groups in total. The molecule has 144 valence electrons. The third kappa shape index (κ3) is 3.19. The maximum absolute atomic E-state index is 12.8. The SMILES string of the molecule is CCC(C)COC(=O)c1c(N)n(Cc2ccco2)c2nc3ccccc3nc12. The molecule has 0 fully saturated rings. The van der Waals surface area contributed by atoms with Crippen molar-refractivity contribution in [1.82, 2.24) is 14.5 Å². The monoisotopic (exact) mass is 378 g/mol. The van der Waals surface area contributed by atoms with Gasteiger partial charge in [-0.2, -0.15) is 0 Å². The second-order valence-corrected chi connectivity index (χ2v) is 6.92. The molecule has 1 atom stereocenters. The molecule has 3 aromatic heterocycles. The van der Waals surface area contributed by atoms with Gasteiger partial charge in [0.05, 0.1) is 30.4 Å². The topological polar surface area (TPSA) is 96.2 Å². The first kappa shape index (κ1) is 18.0. The average molecular weight is 378 g/mol. The molecule has 0 amide bonds. The van der Waals surface area contributed by atoms with Crippen molar-refractivity contribution in [2.75, 3.05) is 12.3 Å². The van der Waals surface area contributed by atoms with Gasteiger partial charge in [0.2, 0.25) is 0 Å². The van der Waals surface area contributed by atoms with E-state index >= 15 is 0 Å². The summed E-state index contributed by atoms with van der Waals surface area (Å²) in [4.78, 5) is 22.2. The normalized spacial score (nSPS) is 12.5. The molecule has 3 heterocycles. The Balaban J connectivity index is 1.86. The molecule has 0 aliphatic carbocycles. The summed E-state index contributed by atoms with van der Waals surface area (Å²) in [5.41, 5.74) is 9.03. The largest absolute Gasteiger partial charge is 0.467 e. The molecule has 28 heavy (non-hydrogen) atoms. The maximum atomic E-state index is 12.8. The van der Waals surface area contributed by atoms with E-state index < -0.39 is 5.97 Å². The van der Waals surface area contributed by atoms with Crippen LogP contribution < -0.4 is 5.73 Å². The van der Waals surface area contributed by atoms with E-state index in [1.807, 2.05) is 37.3 Å². The zero-order valence-electron chi connectivity index (χ0n) is 15.9. The third-order valence-corrected chi connectivity index (χ3v) is 4.89. The third-order valence-electron chi connectivity index (χ3n) is 4.89. The summed E-state index contributed by atoms with van der Waals surface area (Å²) in [6.45, 7) is 4.77. The van der Waals surface area contributed by atoms with Crippen LogP contribution in [0.1, 0.15) is 36.4 Å². The van der Waals surface area contributed by atoms with E-state index in [2.05, 4.69) is 11.9 Å². The van der Waals surface area contributed by atoms with Gasteiger partial charge in [-0.25, -0.2) is 14.8 Å². The van der Waals surface area contributed by atoms with Crippen LogP contribution in [0.15, 0.2) is 47.1 Å². The standard InChI is InChI=1S/C21H22N4O3/c1-3-13(2)12-28-21(26)17-18-20(24-16-9-5-4-8-15(16)23-18)25(19(17)22)11-14-7-6-10-27-14/h4-10,13H,3,11-12,22H2,1-2H3. The van der Waals surface area contributed by atoms with Crippen LogP contribution in [-0.2, 0) is 11.3 Å². The first-order valence-corrected chi connectivity index (χ1v) is 9.32. The number of carbonyl (C=O) groups excluding carboxylic acids is 1. The first-order chi connectivity index (χ1) is 13.6. The van der Waals surface area contributed by atoms with E-state index in [0.717, 1.165) is 11.9 Å². The number of nitrogen functional groups attached to an aromatic ring is 1. The molecule has 0 bridgehead atoms. The summed E-state index contributed by atoms with van der Waals surface area (Å²) in [5.74, 6) is 0.771. The Morgan fingerprint density at radius 2 is 1.96 bits per heavy atom. The highest BCUT2D eigenvalue weighted by atomic mass is 16.5. The number of carbonyl (C=O) groups is 1. The molecule has 0 radical (unpaired) electrons. The van der Waals surface area contributed by atoms with Gasteiger partial charge in [-0.1, -0.05) is 32.4 Å². The van der Waals surface area contributed by atoms with Crippen LogP contribution in [0.5, 0.6) is 0 Å². The van der Waals surface area contributed by atoms with Crippen molar-refractivity contribution in [1.29, 1.82) is 0 Å². The lowest BCUT2D eigenvalue weighted by Gasteiger charge is -2.09. The van der Waals surface area contributed by atoms with E-state index in [1.165, 1.54) is 0 Å². The average Bonchev–Trinajstić information content (AvgIpc) is 3.31. The van der Waals surface area contributed by atoms with Gasteiger partial charge in [0.15, 0.2) is 5.65 Å². The van der Waals surface area contributed by atoms with Crippen LogP contribution in [0.2, 0.25) is 0 Å². The quantitative estimate of drug-likeness (QED) is 0.509. The number of nitrogens with two attached hydrogens (primary N) is 1. The molecule has 0 aliphatic rings. The number of fused-ring (bicyclic) bond motifs is 2. The number of esters is 1. The minimum absolute atomic E-state index is 0.253. The van der Waals surface area contributed by atoms with E-state index in [0.29, 0.717) is 35.6 Å². The van der Waals surface area contributed by atoms with Crippen molar-refractivity contribution < 1.29 is 13.9 Å². The molecule has 4 aromatic rings. The van der Waals surface area contributed by atoms with Crippen molar-refractivity contribution in [3.8, 4) is 0 Å². The van der Waals surface area contributed by atoms with Gasteiger partial charge in [0.1, 0.15) is 22.7 Å². The van der Waals surface area contributed by atoms with Gasteiger partial charge < -0.3 is 19.5 Å². The zero-order valence-corrected chi connectivity index (χ0v) is 15.9. The van der Waals surface area contributed by atoms with Gasteiger partial charge in [0, 0.05) is 0 Å². The van der Waals surface area contributed by atoms with E-state index in [9.17, 15) is 4.79 Å². The number of aromatic nitrogens is 3. The summed E-state index contributed by atoms with van der Waals surface area (Å²) in [6.07, 6.45) is 2.52. The molecule has 1 unspecified atom stereocenters. The number of anilines is 1. The highest BCUT2D eigenvalue weighted by Gasteiger charge is 2.25. The lowest BCUT2D eigenvalue weighted by atomic mass is 10.1. The fourth-order valence-corrected chi connectivity index (χ4v) is 3.04. The van der Waals surface area contributed by atoms with Crippen molar-refractivity contribution >= 4 is 34.0 Å². The van der Waals surface area contributed by atoms with Crippen molar-refractivity contribution in [3.63, 3.8) is 0 Å². The predicted octanol–water partition coefficient (Wildman–Crippen LogP) is 4.01. The summed E-state index contributed by atoms with van der Waals surface area (Å²) < 4.78 is 12.7. The van der Waals surface area contributed by atoms with Crippen molar-refractivity contribution in [3.05, 3.63) is 54.0 Å². The van der Waals surface area contributed by atoms with Crippen LogP contribution in [0, 0.1) is 5.92 Å². The summed E-state index contributed by atoms with van der Waals surface area (Å²) >= 11 is 0. The summed E-state index contributed by atoms with van der Waals surface area (Å²) in [6, 6.07) is 11.2. The van der Waals surface area contributed by atoms with Crippen LogP contribution >= 0.6 is 0 Å². The lowest BCUT2D eigenvalue weighted by Crippen LogP contribution is -2.14. The van der Waals surface area contributed by atoms with Gasteiger partial charge >= 0.3 is 5.97 Å². The van der Waals surface area contributed by atoms with Crippen LogP contribution in [0.4, 0.5) is 5.82 Å². The number of benzene rings is 1. The Morgan fingerprint density at radius 3 is 2.64 bits per heavy atom. The lowest BCUT2D eigenvalue weighted by molar-refractivity contribution is 0.0450. The van der Waals surface area contributed by atoms with E-state index in [-0.39, 0.29) is 17.3 Å². The second-order valence-electron chi connectivity index (χ2n) is 6.92. The number of nitrogens with zero attached hydrogens (tertiary/aromatic N) is 3. The molecule has 0 spiro atoms. The van der Waals surface area contributed by atoms with Gasteiger partial charge in [-0.15, -0.1) is 0 Å². The molecule has 7 heteroatoms. The fourth-order valence-electron chi connectivity index (χ4n) is 3.04.